The first-order chi connectivity index (χ1) is 26.0. The lowest BCUT2D eigenvalue weighted by Crippen LogP contribution is -2.61. The number of rotatable bonds is 10. The smallest absolute Gasteiger partial charge is 0.318 e. The number of pyridine rings is 1. The average Bonchev–Trinajstić information content (AvgIpc) is 3.41. The van der Waals surface area contributed by atoms with Crippen LogP contribution in [0, 0.1) is 11.3 Å². The van der Waals surface area contributed by atoms with Gasteiger partial charge in [-0.25, -0.2) is 18.2 Å². The van der Waals surface area contributed by atoms with Gasteiger partial charge in [-0.05, 0) is 69.2 Å². The summed E-state index contributed by atoms with van der Waals surface area (Å²) in [4.78, 5) is 40.5. The van der Waals surface area contributed by atoms with Crippen LogP contribution >= 0.6 is 0 Å². The van der Waals surface area contributed by atoms with Crippen molar-refractivity contribution in [1.29, 1.82) is 5.26 Å². The van der Waals surface area contributed by atoms with Gasteiger partial charge in [0.1, 0.15) is 16.4 Å². The maximum absolute atomic E-state index is 15.3. The van der Waals surface area contributed by atoms with E-state index in [0.717, 1.165) is 39.1 Å². The van der Waals surface area contributed by atoms with Crippen molar-refractivity contribution < 1.29 is 37.0 Å². The van der Waals surface area contributed by atoms with E-state index < -0.39 is 33.6 Å². The molecule has 5 heterocycles. The molecule has 3 saturated heterocycles. The number of fused-ring (bicyclic) bond motifs is 1. The van der Waals surface area contributed by atoms with E-state index in [4.69, 9.17) is 18.9 Å². The Morgan fingerprint density at radius 1 is 0.963 bits per heavy atom. The van der Waals surface area contributed by atoms with E-state index in [2.05, 4.69) is 26.2 Å². The van der Waals surface area contributed by atoms with Crippen LogP contribution in [0.3, 0.4) is 0 Å². The Balaban J connectivity index is 1.26. The molecule has 0 unspecified atom stereocenters. The summed E-state index contributed by atoms with van der Waals surface area (Å²) in [5.41, 5.74) is -1.85. The van der Waals surface area contributed by atoms with Crippen molar-refractivity contribution >= 4 is 27.6 Å². The standard InChI is InChI=1S/C38H45N7O8S/c1-25(2)53-35-30(6-5-13-40-35)38(41-37(47)44-18-16-43(17-19-44)27-11-14-42(15-12-27)28-23-52-24-28)31-20-26(22-39)7-9-32(31)45(36(38)46)54(48,49)34-10-8-29(50-3)21-33(34)51-4/h5-10,13,20-21,25,27-28H,11-12,14-19,23-24H2,1-4H3,(H,41,47)/t38-/m1/s1. The third-order valence-electron chi connectivity index (χ3n) is 10.7. The Morgan fingerprint density at radius 3 is 2.31 bits per heavy atom. The first kappa shape index (κ1) is 37.4. The number of ether oxygens (including phenoxy) is 4. The Bertz CT molecular complexity index is 2050. The molecule has 16 heteroatoms. The fourth-order valence-electron chi connectivity index (χ4n) is 7.81. The number of urea groups is 1. The number of carbonyl (C=O) groups is 2. The molecule has 1 aromatic heterocycles. The van der Waals surface area contributed by atoms with Crippen LogP contribution in [-0.4, -0.2) is 125 Å². The van der Waals surface area contributed by atoms with E-state index in [0.29, 0.717) is 48.3 Å². The van der Waals surface area contributed by atoms with Gasteiger partial charge in [-0.1, -0.05) is 0 Å². The third kappa shape index (κ3) is 6.59. The highest BCUT2D eigenvalue weighted by Crippen LogP contribution is 2.50. The zero-order chi connectivity index (χ0) is 38.2. The van der Waals surface area contributed by atoms with Gasteiger partial charge >= 0.3 is 6.03 Å². The van der Waals surface area contributed by atoms with Gasteiger partial charge in [-0.15, -0.1) is 0 Å². The molecule has 4 aliphatic rings. The number of hydrogen-bond acceptors (Lipinski definition) is 12. The summed E-state index contributed by atoms with van der Waals surface area (Å²) in [6.45, 7) is 9.29. The minimum atomic E-state index is -4.71. The zero-order valence-corrected chi connectivity index (χ0v) is 31.7. The molecule has 0 radical (unpaired) electrons. The molecule has 7 rings (SSSR count). The number of piperidine rings is 1. The van der Waals surface area contributed by atoms with E-state index >= 15 is 4.79 Å². The lowest BCUT2D eigenvalue weighted by molar-refractivity contribution is -0.121. The molecule has 0 spiro atoms. The van der Waals surface area contributed by atoms with E-state index in [9.17, 15) is 18.5 Å². The molecule has 1 atom stereocenters. The van der Waals surface area contributed by atoms with Gasteiger partial charge in [0.15, 0.2) is 5.54 Å². The second kappa shape index (κ2) is 15.1. The number of anilines is 1. The number of hydrogen-bond donors (Lipinski definition) is 1. The molecule has 2 aromatic carbocycles. The van der Waals surface area contributed by atoms with E-state index in [-0.39, 0.29) is 38.9 Å². The van der Waals surface area contributed by atoms with Crippen LogP contribution in [0.4, 0.5) is 10.5 Å². The molecule has 0 aliphatic carbocycles. The van der Waals surface area contributed by atoms with Crippen molar-refractivity contribution in [2.45, 2.75) is 55.3 Å². The lowest BCUT2D eigenvalue weighted by Gasteiger charge is -2.46. The minimum absolute atomic E-state index is 0.0281. The molecule has 15 nitrogen and oxygen atoms in total. The molecule has 0 bridgehead atoms. The van der Waals surface area contributed by atoms with Crippen molar-refractivity contribution in [2.75, 3.05) is 71.0 Å². The van der Waals surface area contributed by atoms with Crippen molar-refractivity contribution in [3.63, 3.8) is 0 Å². The second-order valence-electron chi connectivity index (χ2n) is 14.1. The summed E-state index contributed by atoms with van der Waals surface area (Å²) < 4.78 is 52.3. The van der Waals surface area contributed by atoms with Crippen LogP contribution in [-0.2, 0) is 25.1 Å². The van der Waals surface area contributed by atoms with Crippen LogP contribution in [0.15, 0.2) is 59.6 Å². The van der Waals surface area contributed by atoms with E-state index in [1.54, 1.807) is 30.9 Å². The number of nitrogens with zero attached hydrogens (tertiary/aromatic N) is 6. The molecule has 286 valence electrons. The highest BCUT2D eigenvalue weighted by Gasteiger charge is 2.59. The summed E-state index contributed by atoms with van der Waals surface area (Å²) in [7, 11) is -1.96. The SMILES string of the molecule is COc1ccc(S(=O)(=O)N2C(=O)[C@@](NC(=O)N3CCN(C4CCN(C5COC5)CC4)CC3)(c3cccnc3OC(C)C)c3cc(C#N)ccc32)c(OC)c1. The summed E-state index contributed by atoms with van der Waals surface area (Å²) in [5.74, 6) is -0.674. The number of piperazine rings is 1. The summed E-state index contributed by atoms with van der Waals surface area (Å²) in [5, 5.41) is 13.0. The number of amides is 3. The predicted octanol–water partition coefficient (Wildman–Crippen LogP) is 2.93. The molecule has 3 amide bonds. The van der Waals surface area contributed by atoms with Gasteiger partial charge in [0.05, 0.1) is 62.5 Å². The van der Waals surface area contributed by atoms with Crippen LogP contribution in [0.1, 0.15) is 43.4 Å². The molecule has 1 N–H and O–H groups in total. The van der Waals surface area contributed by atoms with Crippen molar-refractivity contribution in [2.24, 2.45) is 0 Å². The van der Waals surface area contributed by atoms with Crippen LogP contribution in [0.25, 0.3) is 0 Å². The monoisotopic (exact) mass is 759 g/mol. The van der Waals surface area contributed by atoms with Gasteiger partial charge in [-0.3, -0.25) is 14.6 Å². The van der Waals surface area contributed by atoms with Crippen LogP contribution in [0.5, 0.6) is 17.4 Å². The third-order valence-corrected chi connectivity index (χ3v) is 12.4. The van der Waals surface area contributed by atoms with Gasteiger partial charge in [0.2, 0.25) is 5.88 Å². The molecule has 0 saturated carbocycles. The molecular formula is C38H45N7O8S. The fourth-order valence-corrected chi connectivity index (χ4v) is 9.41. The lowest BCUT2D eigenvalue weighted by atomic mass is 9.83. The number of likely N-dealkylation sites (tertiary alicyclic amines) is 1. The highest BCUT2D eigenvalue weighted by molar-refractivity contribution is 7.93. The maximum atomic E-state index is 15.3. The Hall–Kier alpha value is -4.95. The predicted molar refractivity (Wildman–Crippen MR) is 197 cm³/mol. The summed E-state index contributed by atoms with van der Waals surface area (Å²) >= 11 is 0. The van der Waals surface area contributed by atoms with Crippen LogP contribution in [0.2, 0.25) is 0 Å². The first-order valence-corrected chi connectivity index (χ1v) is 19.6. The number of nitrogens with one attached hydrogen (secondary N) is 1. The highest BCUT2D eigenvalue weighted by atomic mass is 32.2. The Kier molecular flexibility index (Phi) is 10.4. The number of sulfonamides is 1. The number of aromatic nitrogens is 1. The summed E-state index contributed by atoms with van der Waals surface area (Å²) in [6, 6.07) is 14.0. The van der Waals surface area contributed by atoms with Crippen LogP contribution < -0.4 is 23.8 Å². The van der Waals surface area contributed by atoms with Gasteiger partial charge < -0.3 is 29.2 Å². The molecule has 54 heavy (non-hydrogen) atoms. The topological polar surface area (TPSA) is 167 Å². The minimum Gasteiger partial charge on any atom is -0.497 e. The molecule has 3 fully saturated rings. The number of carbonyl (C=O) groups excluding carboxylic acids is 2. The van der Waals surface area contributed by atoms with Crippen molar-refractivity contribution in [3.05, 3.63) is 71.4 Å². The van der Waals surface area contributed by atoms with Gasteiger partial charge in [0.25, 0.3) is 15.9 Å². The average molecular weight is 760 g/mol. The van der Waals surface area contributed by atoms with E-state index in [1.807, 2.05) is 0 Å². The first-order valence-electron chi connectivity index (χ1n) is 18.1. The van der Waals surface area contributed by atoms with Gasteiger partial charge in [-0.2, -0.15) is 9.57 Å². The Morgan fingerprint density at radius 2 is 1.69 bits per heavy atom. The molecule has 3 aromatic rings. The maximum Gasteiger partial charge on any atom is 0.318 e. The van der Waals surface area contributed by atoms with E-state index in [1.165, 1.54) is 56.8 Å². The number of benzene rings is 2. The summed E-state index contributed by atoms with van der Waals surface area (Å²) in [6.07, 6.45) is 3.18. The number of nitriles is 1. The Labute approximate surface area is 315 Å². The normalized spacial score (nSPS) is 21.4. The number of methoxy groups -OCH3 is 2. The molecular weight excluding hydrogens is 715 g/mol. The second-order valence-corrected chi connectivity index (χ2v) is 15.9. The quantitative estimate of drug-likeness (QED) is 0.322. The van der Waals surface area contributed by atoms with Crippen molar-refractivity contribution in [1.82, 2.24) is 25.0 Å². The van der Waals surface area contributed by atoms with Gasteiger partial charge in [0, 0.05) is 63.1 Å². The zero-order valence-electron chi connectivity index (χ0n) is 30.9. The van der Waals surface area contributed by atoms with Crippen molar-refractivity contribution in [3.8, 4) is 23.4 Å². The largest absolute Gasteiger partial charge is 0.497 e. The fraction of sp³-hybridized carbons (Fsp3) is 0.474. The molecule has 4 aliphatic heterocycles.